The summed E-state index contributed by atoms with van der Waals surface area (Å²) >= 11 is 4.73. The largest absolute Gasteiger partial charge is 0.325 e. The molecule has 3 rings (SSSR count). The number of nitrogens with zero attached hydrogens (tertiary/aromatic N) is 3. The van der Waals surface area contributed by atoms with Gasteiger partial charge in [-0.05, 0) is 43.3 Å². The second-order valence-corrected chi connectivity index (χ2v) is 8.04. The summed E-state index contributed by atoms with van der Waals surface area (Å²) in [5.74, 6) is 0.731. The average Bonchev–Trinajstić information content (AvgIpc) is 3.10. The maximum absolute atomic E-state index is 12.3. The van der Waals surface area contributed by atoms with Crippen LogP contribution in [-0.4, -0.2) is 32.2 Å². The van der Waals surface area contributed by atoms with Crippen LogP contribution in [0, 0.1) is 0 Å². The first-order chi connectivity index (χ1) is 14.0. The van der Waals surface area contributed by atoms with E-state index < -0.39 is 0 Å². The van der Waals surface area contributed by atoms with E-state index >= 15 is 0 Å². The first-order valence-corrected chi connectivity index (χ1v) is 10.6. The number of nitrogens with one attached hydrogen (secondary N) is 1. The fourth-order valence-electron chi connectivity index (χ4n) is 2.62. The van der Waals surface area contributed by atoms with Gasteiger partial charge in [0.15, 0.2) is 16.8 Å². The first kappa shape index (κ1) is 21.0. The number of carbonyl (C=O) groups excluding carboxylic acids is 2. The molecule has 3 aromatic rings. The molecule has 6 nitrogen and oxygen atoms in total. The zero-order valence-corrected chi connectivity index (χ0v) is 18.2. The molecule has 0 radical (unpaired) electrons. The van der Waals surface area contributed by atoms with Gasteiger partial charge in [0.2, 0.25) is 5.91 Å². The molecule has 1 N–H and O–H groups in total. The number of hydrogen-bond acceptors (Lipinski definition) is 5. The number of ketones is 1. The molecule has 0 aliphatic carbocycles. The third kappa shape index (κ3) is 5.42. The van der Waals surface area contributed by atoms with Crippen molar-refractivity contribution >= 4 is 45.1 Å². The van der Waals surface area contributed by atoms with Crippen LogP contribution in [0.15, 0.2) is 70.8 Å². The molecule has 0 spiro atoms. The van der Waals surface area contributed by atoms with Crippen LogP contribution >= 0.6 is 27.7 Å². The molecule has 0 saturated heterocycles. The maximum atomic E-state index is 12.3. The minimum Gasteiger partial charge on any atom is -0.325 e. The van der Waals surface area contributed by atoms with Crippen molar-refractivity contribution in [2.45, 2.75) is 18.6 Å². The van der Waals surface area contributed by atoms with Crippen molar-refractivity contribution in [3.63, 3.8) is 0 Å². The highest BCUT2D eigenvalue weighted by Gasteiger charge is 2.15. The molecule has 148 valence electrons. The number of thioether (sulfide) groups is 1. The fraction of sp³-hybridized carbons (Fsp3) is 0.143. The zero-order valence-electron chi connectivity index (χ0n) is 15.8. The molecule has 29 heavy (non-hydrogen) atoms. The van der Waals surface area contributed by atoms with E-state index in [0.29, 0.717) is 23.0 Å². The molecule has 1 amide bonds. The van der Waals surface area contributed by atoms with Gasteiger partial charge in [-0.25, -0.2) is 0 Å². The third-order valence-electron chi connectivity index (χ3n) is 4.04. The Kier molecular flexibility index (Phi) is 7.00. The van der Waals surface area contributed by atoms with Crippen molar-refractivity contribution in [2.24, 2.45) is 0 Å². The Labute approximate surface area is 181 Å². The molecule has 0 bridgehead atoms. The molecule has 0 atom stereocenters. The lowest BCUT2D eigenvalue weighted by molar-refractivity contribution is -0.113. The smallest absolute Gasteiger partial charge is 0.234 e. The monoisotopic (exact) mass is 470 g/mol. The minimum absolute atomic E-state index is 0.0124. The summed E-state index contributed by atoms with van der Waals surface area (Å²) in [6.45, 7) is 5.84. The number of anilines is 1. The number of hydrogen-bond donors (Lipinski definition) is 1. The molecule has 1 aromatic heterocycles. The van der Waals surface area contributed by atoms with Gasteiger partial charge in [0, 0.05) is 27.8 Å². The first-order valence-electron chi connectivity index (χ1n) is 8.81. The van der Waals surface area contributed by atoms with Gasteiger partial charge in [-0.15, -0.1) is 16.8 Å². The van der Waals surface area contributed by atoms with Gasteiger partial charge in [-0.1, -0.05) is 45.9 Å². The number of Topliss-reactive ketones (excluding diaryl/α,β-unsaturated/α-hetero) is 1. The normalized spacial score (nSPS) is 10.6. The molecule has 2 aromatic carbocycles. The summed E-state index contributed by atoms with van der Waals surface area (Å²) in [6.07, 6.45) is 1.77. The Morgan fingerprint density at radius 2 is 1.83 bits per heavy atom. The minimum atomic E-state index is -0.163. The number of halogens is 1. The van der Waals surface area contributed by atoms with E-state index in [1.54, 1.807) is 30.3 Å². The quantitative estimate of drug-likeness (QED) is 0.290. The van der Waals surface area contributed by atoms with Crippen molar-refractivity contribution in [3.05, 3.63) is 71.2 Å². The van der Waals surface area contributed by atoms with Gasteiger partial charge in [0.05, 0.1) is 5.75 Å². The van der Waals surface area contributed by atoms with Crippen LogP contribution < -0.4 is 5.32 Å². The Bertz CT molecular complexity index is 1030. The van der Waals surface area contributed by atoms with Gasteiger partial charge in [0.1, 0.15) is 0 Å². The van der Waals surface area contributed by atoms with Crippen molar-refractivity contribution in [1.29, 1.82) is 0 Å². The van der Waals surface area contributed by atoms with Gasteiger partial charge >= 0.3 is 0 Å². The summed E-state index contributed by atoms with van der Waals surface area (Å²) < 4.78 is 2.91. The van der Waals surface area contributed by atoms with Crippen LogP contribution in [-0.2, 0) is 11.3 Å². The molecular weight excluding hydrogens is 452 g/mol. The zero-order chi connectivity index (χ0) is 20.8. The van der Waals surface area contributed by atoms with Crippen LogP contribution in [0.5, 0.6) is 0 Å². The number of allylic oxidation sites excluding steroid dienone is 1. The van der Waals surface area contributed by atoms with Crippen molar-refractivity contribution in [1.82, 2.24) is 14.8 Å². The molecule has 0 aliphatic rings. The summed E-state index contributed by atoms with van der Waals surface area (Å²) in [7, 11) is 0. The van der Waals surface area contributed by atoms with E-state index in [1.807, 2.05) is 28.8 Å². The Balaban J connectivity index is 1.68. The SMILES string of the molecule is C=CCn1c(SCC(=O)Nc2ccc(C(C)=O)cc2)nnc1-c1ccc(Br)cc1. The van der Waals surface area contributed by atoms with Crippen LogP contribution in [0.2, 0.25) is 0 Å². The van der Waals surface area contributed by atoms with Gasteiger partial charge in [0.25, 0.3) is 0 Å². The van der Waals surface area contributed by atoms with E-state index in [-0.39, 0.29) is 17.4 Å². The van der Waals surface area contributed by atoms with Crippen LogP contribution in [0.25, 0.3) is 11.4 Å². The fourth-order valence-corrected chi connectivity index (χ4v) is 3.63. The molecule has 8 heteroatoms. The average molecular weight is 471 g/mol. The molecule has 0 fully saturated rings. The number of amides is 1. The lowest BCUT2D eigenvalue weighted by Gasteiger charge is -2.08. The predicted molar refractivity (Wildman–Crippen MR) is 119 cm³/mol. The molecule has 1 heterocycles. The standard InChI is InChI=1S/C21H19BrN4O2S/c1-3-12-26-20(16-4-8-17(22)9-5-16)24-25-21(26)29-13-19(28)23-18-10-6-15(7-11-18)14(2)27/h3-11H,1,12-13H2,2H3,(H,23,28). The number of benzene rings is 2. The Hall–Kier alpha value is -2.71. The van der Waals surface area contributed by atoms with Crippen LogP contribution in [0.3, 0.4) is 0 Å². The summed E-state index contributed by atoms with van der Waals surface area (Å²) in [6, 6.07) is 14.6. The number of rotatable bonds is 8. The molecule has 0 unspecified atom stereocenters. The van der Waals surface area contributed by atoms with Gasteiger partial charge in [-0.3, -0.25) is 14.2 Å². The van der Waals surface area contributed by atoms with Crippen LogP contribution in [0.1, 0.15) is 17.3 Å². The summed E-state index contributed by atoms with van der Waals surface area (Å²) in [4.78, 5) is 23.6. The highest BCUT2D eigenvalue weighted by molar-refractivity contribution is 9.10. The van der Waals surface area contributed by atoms with Crippen LogP contribution in [0.4, 0.5) is 5.69 Å². The molecular formula is C21H19BrN4O2S. The number of carbonyl (C=O) groups is 2. The van der Waals surface area contributed by atoms with E-state index in [1.165, 1.54) is 18.7 Å². The third-order valence-corrected chi connectivity index (χ3v) is 5.53. The van der Waals surface area contributed by atoms with Crippen molar-refractivity contribution in [2.75, 3.05) is 11.1 Å². The Morgan fingerprint density at radius 3 is 2.45 bits per heavy atom. The highest BCUT2D eigenvalue weighted by atomic mass is 79.9. The lowest BCUT2D eigenvalue weighted by Crippen LogP contribution is -2.14. The van der Waals surface area contributed by atoms with Gasteiger partial charge < -0.3 is 5.32 Å². The van der Waals surface area contributed by atoms with E-state index in [4.69, 9.17) is 0 Å². The Morgan fingerprint density at radius 1 is 1.14 bits per heavy atom. The summed E-state index contributed by atoms with van der Waals surface area (Å²) in [5, 5.41) is 12.0. The molecule has 0 saturated carbocycles. The lowest BCUT2D eigenvalue weighted by atomic mass is 10.1. The summed E-state index contributed by atoms with van der Waals surface area (Å²) in [5.41, 5.74) is 2.18. The van der Waals surface area contributed by atoms with Crippen molar-refractivity contribution in [3.8, 4) is 11.4 Å². The second-order valence-electron chi connectivity index (χ2n) is 6.18. The topological polar surface area (TPSA) is 76.9 Å². The highest BCUT2D eigenvalue weighted by Crippen LogP contribution is 2.25. The molecule has 0 aliphatic heterocycles. The predicted octanol–water partition coefficient (Wildman–Crippen LogP) is 4.83. The van der Waals surface area contributed by atoms with Crippen molar-refractivity contribution < 1.29 is 9.59 Å². The van der Waals surface area contributed by atoms with Gasteiger partial charge in [-0.2, -0.15) is 0 Å². The number of aromatic nitrogens is 3. The van der Waals surface area contributed by atoms with E-state index in [2.05, 4.69) is 38.0 Å². The maximum Gasteiger partial charge on any atom is 0.234 e. The van der Waals surface area contributed by atoms with E-state index in [0.717, 1.165) is 15.9 Å². The van der Waals surface area contributed by atoms with E-state index in [9.17, 15) is 9.59 Å². The second kappa shape index (κ2) is 9.67.